The van der Waals surface area contributed by atoms with Gasteiger partial charge < -0.3 is 15.2 Å². The molecule has 2 unspecified atom stereocenters. The number of aliphatic hydroxyl groups is 1. The topological polar surface area (TPSA) is 41.5 Å². The van der Waals surface area contributed by atoms with Crippen LogP contribution in [0.15, 0.2) is 0 Å². The average Bonchev–Trinajstić information content (AvgIpc) is 3.01. The third-order valence-corrected chi connectivity index (χ3v) is 3.32. The molecule has 0 spiro atoms. The van der Waals surface area contributed by atoms with Gasteiger partial charge in [-0.15, -0.1) is 0 Å². The van der Waals surface area contributed by atoms with Crippen molar-refractivity contribution >= 4 is 0 Å². The summed E-state index contributed by atoms with van der Waals surface area (Å²) in [7, 11) is 1.88. The van der Waals surface area contributed by atoms with Crippen LogP contribution in [0.25, 0.3) is 0 Å². The van der Waals surface area contributed by atoms with Gasteiger partial charge >= 0.3 is 0 Å². The number of ether oxygens (including phenoxy) is 1. The number of rotatable bonds is 8. The van der Waals surface area contributed by atoms with E-state index in [1.807, 2.05) is 14.0 Å². The van der Waals surface area contributed by atoms with Gasteiger partial charge in [0.1, 0.15) is 0 Å². The van der Waals surface area contributed by atoms with Gasteiger partial charge in [0.15, 0.2) is 0 Å². The molecule has 2 atom stereocenters. The van der Waals surface area contributed by atoms with Crippen LogP contribution in [0.1, 0.15) is 39.5 Å². The summed E-state index contributed by atoms with van der Waals surface area (Å²) in [5.41, 5.74) is -0.209. The predicted molar refractivity (Wildman–Crippen MR) is 61.9 cm³/mol. The van der Waals surface area contributed by atoms with Crippen LogP contribution in [-0.2, 0) is 4.74 Å². The summed E-state index contributed by atoms with van der Waals surface area (Å²) in [6.07, 6.45) is 5.06. The molecule has 1 aliphatic carbocycles. The molecule has 1 rings (SSSR count). The zero-order valence-electron chi connectivity index (χ0n) is 10.3. The van der Waals surface area contributed by atoms with Crippen molar-refractivity contribution < 1.29 is 9.84 Å². The van der Waals surface area contributed by atoms with Gasteiger partial charge in [-0.1, -0.05) is 12.8 Å². The van der Waals surface area contributed by atoms with Crippen LogP contribution >= 0.6 is 0 Å². The summed E-state index contributed by atoms with van der Waals surface area (Å²) >= 11 is 0. The van der Waals surface area contributed by atoms with Gasteiger partial charge in [-0.3, -0.25) is 0 Å². The Hall–Kier alpha value is -0.120. The van der Waals surface area contributed by atoms with Gasteiger partial charge in [0.05, 0.1) is 12.7 Å². The second kappa shape index (κ2) is 5.83. The second-order valence-corrected chi connectivity index (χ2v) is 5.09. The highest BCUT2D eigenvalue weighted by molar-refractivity contribution is 4.83. The zero-order valence-corrected chi connectivity index (χ0v) is 10.3. The normalized spacial score (nSPS) is 22.4. The molecule has 3 heteroatoms. The molecule has 0 heterocycles. The molecule has 0 saturated heterocycles. The lowest BCUT2D eigenvalue weighted by Gasteiger charge is -2.29. The first-order valence-electron chi connectivity index (χ1n) is 6.01. The molecule has 0 aromatic heterocycles. The molecule has 0 aliphatic heterocycles. The highest BCUT2D eigenvalue weighted by Gasteiger charge is 2.25. The highest BCUT2D eigenvalue weighted by Crippen LogP contribution is 2.32. The molecule has 90 valence electrons. The number of hydrogen-bond acceptors (Lipinski definition) is 3. The first-order chi connectivity index (χ1) is 7.09. The van der Waals surface area contributed by atoms with Crippen molar-refractivity contribution in [3.8, 4) is 0 Å². The predicted octanol–water partition coefficient (Wildman–Crippen LogP) is 1.55. The molecule has 0 amide bonds. The lowest BCUT2D eigenvalue weighted by Crippen LogP contribution is -2.46. The van der Waals surface area contributed by atoms with E-state index in [9.17, 15) is 5.11 Å². The highest BCUT2D eigenvalue weighted by atomic mass is 16.5. The van der Waals surface area contributed by atoms with Gasteiger partial charge in [0.2, 0.25) is 0 Å². The quantitative estimate of drug-likeness (QED) is 0.645. The minimum atomic E-state index is -0.209. The van der Waals surface area contributed by atoms with Crippen molar-refractivity contribution in [1.82, 2.24) is 5.32 Å². The molecule has 0 radical (unpaired) electrons. The van der Waals surface area contributed by atoms with E-state index in [2.05, 4.69) is 12.2 Å². The summed E-state index contributed by atoms with van der Waals surface area (Å²) in [6.45, 7) is 5.13. The maximum atomic E-state index is 9.24. The van der Waals surface area contributed by atoms with E-state index in [0.29, 0.717) is 0 Å². The monoisotopic (exact) mass is 215 g/mol. The van der Waals surface area contributed by atoms with Crippen LogP contribution in [0, 0.1) is 5.92 Å². The average molecular weight is 215 g/mol. The van der Waals surface area contributed by atoms with E-state index in [0.717, 1.165) is 18.9 Å². The lowest BCUT2D eigenvalue weighted by molar-refractivity contribution is 0.0271. The fraction of sp³-hybridized carbons (Fsp3) is 1.00. The number of aliphatic hydroxyl groups excluding tert-OH is 1. The van der Waals surface area contributed by atoms with E-state index >= 15 is 0 Å². The molecule has 15 heavy (non-hydrogen) atoms. The van der Waals surface area contributed by atoms with E-state index in [-0.39, 0.29) is 18.2 Å². The minimum Gasteiger partial charge on any atom is -0.394 e. The van der Waals surface area contributed by atoms with E-state index in [1.54, 1.807) is 0 Å². The SMILES string of the molecule is CNC(C)(CO)CC(C)OCCC1CC1. The molecule has 0 aromatic carbocycles. The Kier molecular flexibility index (Phi) is 5.03. The van der Waals surface area contributed by atoms with Crippen LogP contribution in [0.5, 0.6) is 0 Å². The fourth-order valence-electron chi connectivity index (χ4n) is 1.78. The maximum Gasteiger partial charge on any atom is 0.0611 e. The Morgan fingerprint density at radius 2 is 2.20 bits per heavy atom. The smallest absolute Gasteiger partial charge is 0.0611 e. The maximum absolute atomic E-state index is 9.24. The van der Waals surface area contributed by atoms with Crippen LogP contribution in [0.4, 0.5) is 0 Å². The van der Waals surface area contributed by atoms with Crippen LogP contribution in [-0.4, -0.2) is 37.0 Å². The standard InChI is InChI=1S/C12H25NO2/c1-10(8-12(2,9-14)13-3)15-7-6-11-4-5-11/h10-11,13-14H,4-9H2,1-3H3. The Morgan fingerprint density at radius 3 is 2.67 bits per heavy atom. The van der Waals surface area contributed by atoms with Gasteiger partial charge in [-0.25, -0.2) is 0 Å². The van der Waals surface area contributed by atoms with Crippen LogP contribution in [0.3, 0.4) is 0 Å². The molecule has 1 saturated carbocycles. The Bertz CT molecular complexity index is 176. The minimum absolute atomic E-state index is 0.153. The second-order valence-electron chi connectivity index (χ2n) is 5.09. The summed E-state index contributed by atoms with van der Waals surface area (Å²) < 4.78 is 5.74. The van der Waals surface area contributed by atoms with Crippen LogP contribution < -0.4 is 5.32 Å². The van der Waals surface area contributed by atoms with Gasteiger partial charge in [0.25, 0.3) is 0 Å². The molecular weight excluding hydrogens is 190 g/mol. The van der Waals surface area contributed by atoms with E-state index in [1.165, 1.54) is 19.3 Å². The van der Waals surface area contributed by atoms with E-state index < -0.39 is 0 Å². The first kappa shape index (κ1) is 12.9. The van der Waals surface area contributed by atoms with Gasteiger partial charge in [0, 0.05) is 12.1 Å². The van der Waals surface area contributed by atoms with Crippen molar-refractivity contribution in [3.63, 3.8) is 0 Å². The summed E-state index contributed by atoms with van der Waals surface area (Å²) in [5.74, 6) is 0.936. The van der Waals surface area contributed by atoms with Crippen molar-refractivity contribution in [1.29, 1.82) is 0 Å². The molecule has 3 nitrogen and oxygen atoms in total. The van der Waals surface area contributed by atoms with Crippen LogP contribution in [0.2, 0.25) is 0 Å². The number of likely N-dealkylation sites (N-methyl/N-ethyl adjacent to an activating group) is 1. The third kappa shape index (κ3) is 4.96. The largest absolute Gasteiger partial charge is 0.394 e. The molecular formula is C12H25NO2. The number of hydrogen-bond donors (Lipinski definition) is 2. The Morgan fingerprint density at radius 1 is 1.53 bits per heavy atom. The summed E-state index contributed by atoms with van der Waals surface area (Å²) in [6, 6.07) is 0. The fourth-order valence-corrected chi connectivity index (χ4v) is 1.78. The molecule has 1 fully saturated rings. The van der Waals surface area contributed by atoms with Crippen molar-refractivity contribution in [2.24, 2.45) is 5.92 Å². The third-order valence-electron chi connectivity index (χ3n) is 3.32. The Labute approximate surface area is 93.2 Å². The van der Waals surface area contributed by atoms with Gasteiger partial charge in [-0.05, 0) is 39.7 Å². The van der Waals surface area contributed by atoms with Crippen molar-refractivity contribution in [2.75, 3.05) is 20.3 Å². The number of nitrogens with one attached hydrogen (secondary N) is 1. The molecule has 0 aromatic rings. The Balaban J connectivity index is 2.11. The molecule has 2 N–H and O–H groups in total. The zero-order chi connectivity index (χ0) is 11.3. The molecule has 1 aliphatic rings. The lowest BCUT2D eigenvalue weighted by atomic mass is 9.96. The van der Waals surface area contributed by atoms with Crippen molar-refractivity contribution in [3.05, 3.63) is 0 Å². The molecule has 0 bridgehead atoms. The van der Waals surface area contributed by atoms with Crippen molar-refractivity contribution in [2.45, 2.75) is 51.2 Å². The summed E-state index contributed by atoms with van der Waals surface area (Å²) in [5, 5.41) is 12.4. The van der Waals surface area contributed by atoms with E-state index in [4.69, 9.17) is 4.74 Å². The summed E-state index contributed by atoms with van der Waals surface area (Å²) in [4.78, 5) is 0. The van der Waals surface area contributed by atoms with Gasteiger partial charge in [-0.2, -0.15) is 0 Å². The first-order valence-corrected chi connectivity index (χ1v) is 6.01.